The maximum Gasteiger partial charge on any atom is 0.312 e. The molecule has 5 heteroatoms. The summed E-state index contributed by atoms with van der Waals surface area (Å²) in [6.45, 7) is -0.161. The molecule has 2 atom stereocenters. The van der Waals surface area contributed by atoms with Gasteiger partial charge >= 0.3 is 5.97 Å². The third-order valence-electron chi connectivity index (χ3n) is 5.66. The van der Waals surface area contributed by atoms with E-state index in [-0.39, 0.29) is 28.1 Å². The first-order chi connectivity index (χ1) is 10.5. The van der Waals surface area contributed by atoms with Gasteiger partial charge in [-0.05, 0) is 62.5 Å². The van der Waals surface area contributed by atoms with Gasteiger partial charge in [-0.25, -0.2) is 0 Å². The van der Waals surface area contributed by atoms with Crippen LogP contribution in [0.2, 0.25) is 0 Å². The van der Waals surface area contributed by atoms with Crippen molar-refractivity contribution < 1.29 is 14.3 Å². The number of alkyl halides is 1. The minimum Gasteiger partial charge on any atom is -0.457 e. The molecule has 2 unspecified atom stereocenters. The second-order valence-electron chi connectivity index (χ2n) is 7.48. The highest BCUT2D eigenvalue weighted by molar-refractivity contribution is 9.10. The predicted octanol–water partition coefficient (Wildman–Crippen LogP) is 3.47. The fourth-order valence-corrected chi connectivity index (χ4v) is 6.71. The number of rotatable bonds is 4. The molecule has 1 aromatic rings. The molecule has 4 aliphatic carbocycles. The zero-order valence-electron chi connectivity index (χ0n) is 12.4. The predicted molar refractivity (Wildman–Crippen MR) is 84.9 cm³/mol. The van der Waals surface area contributed by atoms with Crippen LogP contribution in [-0.4, -0.2) is 27.7 Å². The maximum absolute atomic E-state index is 12.7. The molecule has 118 valence electrons. The molecule has 4 aliphatic rings. The first-order valence-corrected chi connectivity index (χ1v) is 8.80. The van der Waals surface area contributed by atoms with Crippen LogP contribution in [0.25, 0.3) is 0 Å². The second-order valence-corrected chi connectivity index (χ2v) is 9.16. The quantitative estimate of drug-likeness (QED) is 0.504. The summed E-state index contributed by atoms with van der Waals surface area (Å²) in [4.78, 5) is 27.5. The fourth-order valence-electron chi connectivity index (χ4n) is 5.26. The number of aromatic nitrogens is 1. The zero-order chi connectivity index (χ0) is 15.4. The van der Waals surface area contributed by atoms with Crippen LogP contribution in [0.4, 0.5) is 0 Å². The molecule has 4 nitrogen and oxygen atoms in total. The van der Waals surface area contributed by atoms with E-state index in [0.717, 1.165) is 19.3 Å². The number of hydrogen-bond acceptors (Lipinski definition) is 3. The molecule has 5 rings (SSSR count). The molecule has 0 radical (unpaired) electrons. The van der Waals surface area contributed by atoms with Crippen molar-refractivity contribution in [2.75, 3.05) is 6.61 Å². The molecule has 0 aromatic carbocycles. The number of halogens is 1. The van der Waals surface area contributed by atoms with Crippen LogP contribution in [0.3, 0.4) is 0 Å². The van der Waals surface area contributed by atoms with Gasteiger partial charge in [0.2, 0.25) is 5.78 Å². The van der Waals surface area contributed by atoms with Gasteiger partial charge < -0.3 is 9.72 Å². The largest absolute Gasteiger partial charge is 0.457 e. The van der Waals surface area contributed by atoms with E-state index < -0.39 is 0 Å². The summed E-state index contributed by atoms with van der Waals surface area (Å²) in [5.74, 6) is 0.932. The topological polar surface area (TPSA) is 59.2 Å². The minimum atomic E-state index is -0.358. The van der Waals surface area contributed by atoms with Crippen LogP contribution in [0, 0.1) is 17.3 Å². The molecule has 1 N–H and O–H groups in total. The third-order valence-corrected chi connectivity index (χ3v) is 6.58. The van der Waals surface area contributed by atoms with Gasteiger partial charge in [0.1, 0.15) is 0 Å². The Bertz CT molecular complexity index is 595. The third kappa shape index (κ3) is 2.34. The molecule has 22 heavy (non-hydrogen) atoms. The summed E-state index contributed by atoms with van der Waals surface area (Å²) in [5, 5.41) is 0. The maximum atomic E-state index is 12.7. The van der Waals surface area contributed by atoms with Gasteiger partial charge in [0.05, 0.1) is 11.1 Å². The SMILES string of the molecule is O=C(COC(=O)C12CC3CC(CC(Br)(C3)C1)C2)c1ccc[nH]1. The molecule has 0 amide bonds. The molecular formula is C17H20BrNO3. The lowest BCUT2D eigenvalue weighted by molar-refractivity contribution is -0.168. The summed E-state index contributed by atoms with van der Waals surface area (Å²) in [6.07, 6.45) is 8.05. The molecule has 1 heterocycles. The van der Waals surface area contributed by atoms with E-state index in [4.69, 9.17) is 4.74 Å². The molecule has 0 saturated heterocycles. The van der Waals surface area contributed by atoms with Crippen molar-refractivity contribution in [3.05, 3.63) is 24.0 Å². The Hall–Kier alpha value is -1.10. The second kappa shape index (κ2) is 4.95. The molecule has 4 fully saturated rings. The molecule has 4 saturated carbocycles. The van der Waals surface area contributed by atoms with Gasteiger partial charge in [0.15, 0.2) is 6.61 Å². The van der Waals surface area contributed by atoms with Crippen LogP contribution in [-0.2, 0) is 9.53 Å². The van der Waals surface area contributed by atoms with Gasteiger partial charge in [0.25, 0.3) is 0 Å². The molecule has 4 bridgehead atoms. The highest BCUT2D eigenvalue weighted by Gasteiger charge is 2.60. The summed E-state index contributed by atoms with van der Waals surface area (Å²) >= 11 is 3.89. The number of hydrogen-bond donors (Lipinski definition) is 1. The highest BCUT2D eigenvalue weighted by atomic mass is 79.9. The Morgan fingerprint density at radius 1 is 1.27 bits per heavy atom. The van der Waals surface area contributed by atoms with Crippen molar-refractivity contribution in [1.29, 1.82) is 0 Å². The van der Waals surface area contributed by atoms with Gasteiger partial charge in [-0.15, -0.1) is 0 Å². The molecule has 0 aliphatic heterocycles. The number of ether oxygens (including phenoxy) is 1. The lowest BCUT2D eigenvalue weighted by Crippen LogP contribution is -2.56. The minimum absolute atomic E-state index is 0.125. The summed E-state index contributed by atoms with van der Waals surface area (Å²) in [6, 6.07) is 3.47. The molecular weight excluding hydrogens is 346 g/mol. The van der Waals surface area contributed by atoms with Gasteiger partial charge in [0, 0.05) is 10.5 Å². The van der Waals surface area contributed by atoms with Crippen LogP contribution in [0.15, 0.2) is 18.3 Å². The highest BCUT2D eigenvalue weighted by Crippen LogP contribution is 2.64. The zero-order valence-corrected chi connectivity index (χ0v) is 14.0. The van der Waals surface area contributed by atoms with E-state index in [2.05, 4.69) is 20.9 Å². The van der Waals surface area contributed by atoms with Crippen molar-refractivity contribution in [3.63, 3.8) is 0 Å². The van der Waals surface area contributed by atoms with Crippen LogP contribution in [0.5, 0.6) is 0 Å². The number of nitrogens with one attached hydrogen (secondary N) is 1. The van der Waals surface area contributed by atoms with Crippen molar-refractivity contribution in [1.82, 2.24) is 4.98 Å². The number of H-pyrrole nitrogens is 1. The smallest absolute Gasteiger partial charge is 0.312 e. The van der Waals surface area contributed by atoms with Crippen LogP contribution >= 0.6 is 15.9 Å². The lowest BCUT2D eigenvalue weighted by atomic mass is 9.49. The number of Topliss-reactive ketones (excluding diaryl/α,β-unsaturated/α-hetero) is 1. The Kier molecular flexibility index (Phi) is 3.26. The standard InChI is InChI=1S/C17H20BrNO3/c18-17-7-11-4-12(8-17)6-16(5-11,10-17)15(21)22-9-14(20)13-2-1-3-19-13/h1-3,11-12,19H,4-10H2. The number of ketones is 1. The monoisotopic (exact) mass is 365 g/mol. The normalized spacial score (nSPS) is 39.0. The fraction of sp³-hybridized carbons (Fsp3) is 0.647. The van der Waals surface area contributed by atoms with Crippen LogP contribution in [0.1, 0.15) is 49.0 Å². The number of carbonyl (C=O) groups excluding carboxylic acids is 2. The van der Waals surface area contributed by atoms with Crippen LogP contribution < -0.4 is 0 Å². The Morgan fingerprint density at radius 2 is 2.00 bits per heavy atom. The van der Waals surface area contributed by atoms with E-state index >= 15 is 0 Å². The van der Waals surface area contributed by atoms with Gasteiger partial charge in [-0.1, -0.05) is 15.9 Å². The van der Waals surface area contributed by atoms with E-state index in [1.807, 2.05) is 0 Å². The number of esters is 1. The van der Waals surface area contributed by atoms with Crippen molar-refractivity contribution in [2.45, 2.75) is 42.8 Å². The Balaban J connectivity index is 1.45. The molecule has 1 aromatic heterocycles. The van der Waals surface area contributed by atoms with E-state index in [9.17, 15) is 9.59 Å². The summed E-state index contributed by atoms with van der Waals surface area (Å²) < 4.78 is 5.55. The lowest BCUT2D eigenvalue weighted by Gasteiger charge is -2.58. The van der Waals surface area contributed by atoms with E-state index in [0.29, 0.717) is 17.5 Å². The summed E-state index contributed by atoms with van der Waals surface area (Å²) in [7, 11) is 0. The summed E-state index contributed by atoms with van der Waals surface area (Å²) in [5.41, 5.74) is 0.138. The number of carbonyl (C=O) groups is 2. The van der Waals surface area contributed by atoms with Crippen molar-refractivity contribution in [2.24, 2.45) is 17.3 Å². The Morgan fingerprint density at radius 3 is 2.59 bits per heavy atom. The average Bonchev–Trinajstić information content (AvgIpc) is 2.95. The number of aromatic amines is 1. The molecule has 0 spiro atoms. The van der Waals surface area contributed by atoms with E-state index in [1.54, 1.807) is 18.3 Å². The first-order valence-electron chi connectivity index (χ1n) is 8.01. The average molecular weight is 366 g/mol. The van der Waals surface area contributed by atoms with Gasteiger partial charge in [-0.3, -0.25) is 9.59 Å². The van der Waals surface area contributed by atoms with E-state index in [1.165, 1.54) is 19.3 Å². The van der Waals surface area contributed by atoms with Crippen molar-refractivity contribution in [3.8, 4) is 0 Å². The van der Waals surface area contributed by atoms with Gasteiger partial charge in [-0.2, -0.15) is 0 Å². The Labute approximate surface area is 138 Å². The first kappa shape index (κ1) is 14.5. The van der Waals surface area contributed by atoms with Crippen molar-refractivity contribution >= 4 is 27.7 Å².